The Hall–Kier alpha value is -2.37. The van der Waals surface area contributed by atoms with Crippen LogP contribution in [0.25, 0.3) is 0 Å². The van der Waals surface area contributed by atoms with Gasteiger partial charge in [0.05, 0.1) is 7.11 Å². The lowest BCUT2D eigenvalue weighted by atomic mass is 10.1. The highest BCUT2D eigenvalue weighted by Gasteiger charge is 2.11. The summed E-state index contributed by atoms with van der Waals surface area (Å²) in [4.78, 5) is 36.5. The maximum absolute atomic E-state index is 12.0. The van der Waals surface area contributed by atoms with Gasteiger partial charge in [-0.1, -0.05) is 18.2 Å². The van der Waals surface area contributed by atoms with Crippen LogP contribution in [0, 0.1) is 6.92 Å². The Morgan fingerprint density at radius 1 is 1.17 bits per heavy atom. The van der Waals surface area contributed by atoms with E-state index in [1.54, 1.807) is 18.0 Å². The van der Waals surface area contributed by atoms with Gasteiger partial charge in [-0.25, -0.2) is 0 Å². The molecule has 0 fully saturated rings. The second-order valence-electron chi connectivity index (χ2n) is 5.32. The third kappa shape index (κ3) is 6.50. The van der Waals surface area contributed by atoms with Crippen LogP contribution in [0.5, 0.6) is 0 Å². The van der Waals surface area contributed by atoms with E-state index in [2.05, 4.69) is 10.1 Å². The molecule has 1 aromatic carbocycles. The fourth-order valence-corrected chi connectivity index (χ4v) is 2.08. The van der Waals surface area contributed by atoms with Crippen LogP contribution >= 0.6 is 0 Å². The van der Waals surface area contributed by atoms with Crippen molar-refractivity contribution in [1.29, 1.82) is 0 Å². The van der Waals surface area contributed by atoms with E-state index in [4.69, 9.17) is 0 Å². The van der Waals surface area contributed by atoms with Crippen LogP contribution in [0.3, 0.4) is 0 Å². The Morgan fingerprint density at radius 3 is 2.52 bits per heavy atom. The van der Waals surface area contributed by atoms with E-state index in [-0.39, 0.29) is 37.2 Å². The van der Waals surface area contributed by atoms with Gasteiger partial charge in [0.15, 0.2) is 0 Å². The summed E-state index contributed by atoms with van der Waals surface area (Å²) in [5, 5.41) is 2.75. The SMILES string of the molecule is COC(=O)CCCN(C)C(=O)CCNC(=O)c1ccccc1C. The number of hydrogen-bond donors (Lipinski definition) is 1. The second kappa shape index (κ2) is 9.61. The van der Waals surface area contributed by atoms with E-state index >= 15 is 0 Å². The van der Waals surface area contributed by atoms with Crippen molar-refractivity contribution in [3.05, 3.63) is 35.4 Å². The monoisotopic (exact) mass is 320 g/mol. The Morgan fingerprint density at radius 2 is 1.87 bits per heavy atom. The zero-order valence-corrected chi connectivity index (χ0v) is 13.9. The standard InChI is InChI=1S/C17H24N2O4/c1-13-7-4-5-8-14(13)17(22)18-11-10-15(20)19(2)12-6-9-16(21)23-3/h4-5,7-8H,6,9-12H2,1-3H3,(H,18,22). The van der Waals surface area contributed by atoms with Gasteiger partial charge in [-0.2, -0.15) is 0 Å². The molecule has 0 aliphatic carbocycles. The quantitative estimate of drug-likeness (QED) is 0.737. The lowest BCUT2D eigenvalue weighted by molar-refractivity contribution is -0.141. The lowest BCUT2D eigenvalue weighted by Crippen LogP contribution is -2.33. The summed E-state index contributed by atoms with van der Waals surface area (Å²) in [7, 11) is 3.02. The summed E-state index contributed by atoms with van der Waals surface area (Å²) in [6, 6.07) is 7.31. The average molecular weight is 320 g/mol. The van der Waals surface area contributed by atoms with Gasteiger partial charge in [0.1, 0.15) is 0 Å². The fourth-order valence-electron chi connectivity index (χ4n) is 2.08. The third-order valence-electron chi connectivity index (χ3n) is 3.54. The molecular weight excluding hydrogens is 296 g/mol. The minimum Gasteiger partial charge on any atom is -0.469 e. The molecule has 0 aliphatic rings. The van der Waals surface area contributed by atoms with Crippen LogP contribution in [-0.4, -0.2) is 49.9 Å². The summed E-state index contributed by atoms with van der Waals surface area (Å²) in [6.45, 7) is 2.64. The number of methoxy groups -OCH3 is 1. The van der Waals surface area contributed by atoms with Gasteiger partial charge in [-0.15, -0.1) is 0 Å². The molecule has 0 saturated heterocycles. The molecular formula is C17H24N2O4. The van der Waals surface area contributed by atoms with Crippen LogP contribution in [0.15, 0.2) is 24.3 Å². The zero-order valence-electron chi connectivity index (χ0n) is 13.9. The number of benzene rings is 1. The van der Waals surface area contributed by atoms with Crippen molar-refractivity contribution in [2.75, 3.05) is 27.2 Å². The van der Waals surface area contributed by atoms with Crippen molar-refractivity contribution in [2.24, 2.45) is 0 Å². The van der Waals surface area contributed by atoms with E-state index < -0.39 is 0 Å². The van der Waals surface area contributed by atoms with Crippen LogP contribution in [0.2, 0.25) is 0 Å². The Kier molecular flexibility index (Phi) is 7.80. The van der Waals surface area contributed by atoms with E-state index in [0.29, 0.717) is 18.5 Å². The highest BCUT2D eigenvalue weighted by molar-refractivity contribution is 5.95. The van der Waals surface area contributed by atoms with E-state index in [1.807, 2.05) is 25.1 Å². The molecule has 1 N–H and O–H groups in total. The van der Waals surface area contributed by atoms with Crippen LogP contribution in [0.1, 0.15) is 35.2 Å². The molecule has 0 radical (unpaired) electrons. The molecule has 0 spiro atoms. The van der Waals surface area contributed by atoms with E-state index in [0.717, 1.165) is 5.56 Å². The molecule has 0 aromatic heterocycles. The lowest BCUT2D eigenvalue weighted by Gasteiger charge is -2.17. The number of carbonyl (C=O) groups excluding carboxylic acids is 3. The Balaban J connectivity index is 2.29. The van der Waals surface area contributed by atoms with Crippen molar-refractivity contribution >= 4 is 17.8 Å². The molecule has 6 nitrogen and oxygen atoms in total. The molecule has 6 heteroatoms. The van der Waals surface area contributed by atoms with Crippen molar-refractivity contribution in [2.45, 2.75) is 26.2 Å². The number of hydrogen-bond acceptors (Lipinski definition) is 4. The first-order valence-electron chi connectivity index (χ1n) is 7.60. The molecule has 0 heterocycles. The highest BCUT2D eigenvalue weighted by atomic mass is 16.5. The van der Waals surface area contributed by atoms with E-state index in [1.165, 1.54) is 7.11 Å². The number of ether oxygens (including phenoxy) is 1. The zero-order chi connectivity index (χ0) is 17.2. The van der Waals surface area contributed by atoms with Gasteiger partial charge in [-0.05, 0) is 25.0 Å². The van der Waals surface area contributed by atoms with Gasteiger partial charge in [-0.3, -0.25) is 14.4 Å². The minimum absolute atomic E-state index is 0.0695. The molecule has 0 unspecified atom stereocenters. The number of carbonyl (C=O) groups is 3. The molecule has 0 atom stereocenters. The summed E-state index contributed by atoms with van der Waals surface area (Å²) < 4.78 is 4.55. The molecule has 0 bridgehead atoms. The number of esters is 1. The fraction of sp³-hybridized carbons (Fsp3) is 0.471. The van der Waals surface area contributed by atoms with Crippen LogP contribution in [0.4, 0.5) is 0 Å². The smallest absolute Gasteiger partial charge is 0.305 e. The van der Waals surface area contributed by atoms with Gasteiger partial charge >= 0.3 is 5.97 Å². The first kappa shape index (κ1) is 18.7. The van der Waals surface area contributed by atoms with Gasteiger partial charge in [0, 0.05) is 38.5 Å². The predicted octanol–water partition coefficient (Wildman–Crippen LogP) is 1.53. The number of aryl methyl sites for hydroxylation is 1. The first-order chi connectivity index (χ1) is 11.0. The maximum Gasteiger partial charge on any atom is 0.305 e. The van der Waals surface area contributed by atoms with Crippen LogP contribution < -0.4 is 5.32 Å². The van der Waals surface area contributed by atoms with Crippen molar-refractivity contribution in [3.63, 3.8) is 0 Å². The molecule has 0 aliphatic heterocycles. The van der Waals surface area contributed by atoms with Gasteiger partial charge in [0.25, 0.3) is 5.91 Å². The number of rotatable bonds is 8. The van der Waals surface area contributed by atoms with Gasteiger partial charge in [0.2, 0.25) is 5.91 Å². The molecule has 126 valence electrons. The maximum atomic E-state index is 12.0. The molecule has 2 amide bonds. The third-order valence-corrected chi connectivity index (χ3v) is 3.54. The average Bonchev–Trinajstić information content (AvgIpc) is 2.54. The summed E-state index contributed by atoms with van der Waals surface area (Å²) in [5.41, 5.74) is 1.52. The normalized spacial score (nSPS) is 10.0. The molecule has 23 heavy (non-hydrogen) atoms. The molecule has 1 rings (SSSR count). The first-order valence-corrected chi connectivity index (χ1v) is 7.60. The predicted molar refractivity (Wildman–Crippen MR) is 87.0 cm³/mol. The highest BCUT2D eigenvalue weighted by Crippen LogP contribution is 2.06. The Labute approximate surface area is 136 Å². The van der Waals surface area contributed by atoms with Crippen molar-refractivity contribution in [3.8, 4) is 0 Å². The number of amides is 2. The van der Waals surface area contributed by atoms with Crippen molar-refractivity contribution in [1.82, 2.24) is 10.2 Å². The second-order valence-corrected chi connectivity index (χ2v) is 5.32. The molecule has 1 aromatic rings. The summed E-state index contributed by atoms with van der Waals surface area (Å²) in [5.74, 6) is -0.527. The minimum atomic E-state index is -0.281. The number of nitrogens with zero attached hydrogens (tertiary/aromatic N) is 1. The molecule has 0 saturated carbocycles. The number of nitrogens with one attached hydrogen (secondary N) is 1. The summed E-state index contributed by atoms with van der Waals surface area (Å²) >= 11 is 0. The van der Waals surface area contributed by atoms with Gasteiger partial charge < -0.3 is 15.0 Å². The summed E-state index contributed by atoms with van der Waals surface area (Å²) in [6.07, 6.45) is 1.08. The largest absolute Gasteiger partial charge is 0.469 e. The van der Waals surface area contributed by atoms with E-state index in [9.17, 15) is 14.4 Å². The van der Waals surface area contributed by atoms with Crippen molar-refractivity contribution < 1.29 is 19.1 Å². The topological polar surface area (TPSA) is 75.7 Å². The van der Waals surface area contributed by atoms with Crippen LogP contribution in [-0.2, 0) is 14.3 Å². The Bertz CT molecular complexity index is 557.